The maximum absolute atomic E-state index is 13.7. The molecule has 3 nitrogen and oxygen atoms in total. The quantitative estimate of drug-likeness (QED) is 0.849. The summed E-state index contributed by atoms with van der Waals surface area (Å²) >= 11 is 3.19. The van der Waals surface area contributed by atoms with Crippen LogP contribution in [-0.4, -0.2) is 17.1 Å². The molecule has 0 aliphatic carbocycles. The van der Waals surface area contributed by atoms with Crippen LogP contribution in [0.25, 0.3) is 11.3 Å². The molecular formula is C11H8BrFN2O. The number of aromatic nitrogens is 2. The van der Waals surface area contributed by atoms with Crippen molar-refractivity contribution < 1.29 is 9.13 Å². The van der Waals surface area contributed by atoms with E-state index < -0.39 is 0 Å². The van der Waals surface area contributed by atoms with E-state index in [1.165, 1.54) is 25.6 Å². The molecule has 16 heavy (non-hydrogen) atoms. The van der Waals surface area contributed by atoms with Gasteiger partial charge < -0.3 is 4.74 Å². The Hall–Kier alpha value is -1.49. The van der Waals surface area contributed by atoms with Crippen LogP contribution in [0.2, 0.25) is 0 Å². The van der Waals surface area contributed by atoms with E-state index in [1.807, 2.05) is 0 Å². The molecule has 0 aliphatic heterocycles. The highest BCUT2D eigenvalue weighted by atomic mass is 79.9. The van der Waals surface area contributed by atoms with Gasteiger partial charge in [0.1, 0.15) is 16.2 Å². The second-order valence-corrected chi connectivity index (χ2v) is 3.86. The van der Waals surface area contributed by atoms with Gasteiger partial charge >= 0.3 is 0 Å². The van der Waals surface area contributed by atoms with Crippen LogP contribution in [0, 0.1) is 5.82 Å². The molecule has 2 rings (SSSR count). The van der Waals surface area contributed by atoms with Crippen LogP contribution in [0.15, 0.2) is 35.2 Å². The molecule has 82 valence electrons. The fraction of sp³-hybridized carbons (Fsp3) is 0.0909. The van der Waals surface area contributed by atoms with Crippen LogP contribution in [0.3, 0.4) is 0 Å². The van der Waals surface area contributed by atoms with Crippen LogP contribution in [0.4, 0.5) is 4.39 Å². The summed E-state index contributed by atoms with van der Waals surface area (Å²) in [5.74, 6) is 0.0548. The Kier molecular flexibility index (Phi) is 3.14. The normalized spacial score (nSPS) is 10.2. The third kappa shape index (κ3) is 2.04. The number of hydrogen-bond donors (Lipinski definition) is 0. The first-order chi connectivity index (χ1) is 7.72. The zero-order valence-electron chi connectivity index (χ0n) is 8.45. The topological polar surface area (TPSA) is 35.0 Å². The highest BCUT2D eigenvalue weighted by Crippen LogP contribution is 2.31. The molecule has 0 amide bonds. The molecule has 0 atom stereocenters. The predicted octanol–water partition coefficient (Wildman–Crippen LogP) is 3.05. The highest BCUT2D eigenvalue weighted by molar-refractivity contribution is 9.10. The molecule has 2 aromatic rings. The van der Waals surface area contributed by atoms with Gasteiger partial charge in [-0.05, 0) is 28.1 Å². The lowest BCUT2D eigenvalue weighted by molar-refractivity contribution is 0.413. The lowest BCUT2D eigenvalue weighted by atomic mass is 10.1. The van der Waals surface area contributed by atoms with Crippen molar-refractivity contribution in [2.24, 2.45) is 0 Å². The van der Waals surface area contributed by atoms with Gasteiger partial charge in [-0.25, -0.2) is 9.37 Å². The molecule has 1 aromatic heterocycles. The van der Waals surface area contributed by atoms with E-state index in [0.29, 0.717) is 21.6 Å². The zero-order chi connectivity index (χ0) is 11.5. The molecule has 5 heteroatoms. The minimum atomic E-state index is -0.383. The van der Waals surface area contributed by atoms with Gasteiger partial charge in [0.15, 0.2) is 0 Å². The summed E-state index contributed by atoms with van der Waals surface area (Å²) in [5, 5.41) is 0. The van der Waals surface area contributed by atoms with Gasteiger partial charge in [-0.1, -0.05) is 6.07 Å². The lowest BCUT2D eigenvalue weighted by Gasteiger charge is -2.08. The lowest BCUT2D eigenvalue weighted by Crippen LogP contribution is -1.94. The van der Waals surface area contributed by atoms with E-state index in [2.05, 4.69) is 25.9 Å². The molecule has 0 saturated carbocycles. The van der Waals surface area contributed by atoms with Crippen molar-refractivity contribution >= 4 is 15.9 Å². The summed E-state index contributed by atoms with van der Waals surface area (Å²) in [6, 6.07) is 4.63. The van der Waals surface area contributed by atoms with Crippen molar-refractivity contribution in [3.8, 4) is 17.0 Å². The molecule has 1 aromatic carbocycles. The standard InChI is InChI=1S/C11H8BrFN2O/c1-16-9-4-2-3-7(13)11(9)8-5-14-6-10(12)15-8/h2-6H,1H3. The minimum Gasteiger partial charge on any atom is -0.496 e. The number of nitrogens with zero attached hydrogens (tertiary/aromatic N) is 2. The maximum Gasteiger partial charge on any atom is 0.136 e. The molecular weight excluding hydrogens is 275 g/mol. The number of ether oxygens (including phenoxy) is 1. The fourth-order valence-electron chi connectivity index (χ4n) is 1.39. The zero-order valence-corrected chi connectivity index (χ0v) is 10.0. The van der Waals surface area contributed by atoms with E-state index in [9.17, 15) is 4.39 Å². The summed E-state index contributed by atoms with van der Waals surface area (Å²) in [7, 11) is 1.49. The van der Waals surface area contributed by atoms with Crippen molar-refractivity contribution in [1.29, 1.82) is 0 Å². The summed E-state index contributed by atoms with van der Waals surface area (Å²) < 4.78 is 19.3. The number of rotatable bonds is 2. The Morgan fingerprint density at radius 2 is 2.12 bits per heavy atom. The third-order valence-corrected chi connectivity index (χ3v) is 2.44. The van der Waals surface area contributed by atoms with Crippen molar-refractivity contribution in [3.05, 3.63) is 41.0 Å². The van der Waals surface area contributed by atoms with Crippen molar-refractivity contribution in [3.63, 3.8) is 0 Å². The largest absolute Gasteiger partial charge is 0.496 e. The molecule has 0 bridgehead atoms. The molecule has 0 spiro atoms. The van der Waals surface area contributed by atoms with Crippen LogP contribution in [-0.2, 0) is 0 Å². The van der Waals surface area contributed by atoms with Gasteiger partial charge in [0.05, 0.1) is 30.8 Å². The average Bonchev–Trinajstić information content (AvgIpc) is 2.28. The summed E-state index contributed by atoms with van der Waals surface area (Å²) in [6.07, 6.45) is 3.03. The van der Waals surface area contributed by atoms with Crippen LogP contribution in [0.5, 0.6) is 5.75 Å². The van der Waals surface area contributed by atoms with Gasteiger partial charge in [0.2, 0.25) is 0 Å². The van der Waals surface area contributed by atoms with Gasteiger partial charge in [-0.15, -0.1) is 0 Å². The van der Waals surface area contributed by atoms with Crippen molar-refractivity contribution in [1.82, 2.24) is 9.97 Å². The Morgan fingerprint density at radius 1 is 1.31 bits per heavy atom. The highest BCUT2D eigenvalue weighted by Gasteiger charge is 2.13. The number of hydrogen-bond acceptors (Lipinski definition) is 3. The van der Waals surface area contributed by atoms with E-state index >= 15 is 0 Å². The molecule has 0 saturated heterocycles. The average molecular weight is 283 g/mol. The third-order valence-electron chi connectivity index (χ3n) is 2.06. The SMILES string of the molecule is COc1cccc(F)c1-c1cncc(Br)n1. The second-order valence-electron chi connectivity index (χ2n) is 3.04. The first-order valence-electron chi connectivity index (χ1n) is 4.53. The predicted molar refractivity (Wildman–Crippen MR) is 61.7 cm³/mol. The molecule has 1 heterocycles. The van der Waals surface area contributed by atoms with E-state index in [0.717, 1.165) is 0 Å². The van der Waals surface area contributed by atoms with Gasteiger partial charge in [0.25, 0.3) is 0 Å². The smallest absolute Gasteiger partial charge is 0.136 e. The first-order valence-corrected chi connectivity index (χ1v) is 5.32. The van der Waals surface area contributed by atoms with Crippen LogP contribution in [0.1, 0.15) is 0 Å². The van der Waals surface area contributed by atoms with E-state index in [1.54, 1.807) is 12.1 Å². The van der Waals surface area contributed by atoms with Crippen molar-refractivity contribution in [2.45, 2.75) is 0 Å². The van der Waals surface area contributed by atoms with Gasteiger partial charge in [-0.3, -0.25) is 4.98 Å². The number of methoxy groups -OCH3 is 1. The maximum atomic E-state index is 13.7. The molecule has 0 unspecified atom stereocenters. The fourth-order valence-corrected chi connectivity index (χ4v) is 1.69. The summed E-state index contributed by atoms with van der Waals surface area (Å²) in [4.78, 5) is 8.09. The molecule has 0 aliphatic rings. The Labute approximate surface area is 100 Å². The van der Waals surface area contributed by atoms with Gasteiger partial charge in [0, 0.05) is 0 Å². The molecule has 0 radical (unpaired) electrons. The number of benzene rings is 1. The van der Waals surface area contributed by atoms with Gasteiger partial charge in [-0.2, -0.15) is 0 Å². The van der Waals surface area contributed by atoms with E-state index in [4.69, 9.17) is 4.74 Å². The van der Waals surface area contributed by atoms with Crippen molar-refractivity contribution in [2.75, 3.05) is 7.11 Å². The summed E-state index contributed by atoms with van der Waals surface area (Å²) in [6.45, 7) is 0. The van der Waals surface area contributed by atoms with E-state index in [-0.39, 0.29) is 5.82 Å². The van der Waals surface area contributed by atoms with Crippen LogP contribution < -0.4 is 4.74 Å². The first kappa shape index (κ1) is 11.0. The Morgan fingerprint density at radius 3 is 2.81 bits per heavy atom. The summed E-state index contributed by atoms with van der Waals surface area (Å²) in [5.41, 5.74) is 0.753. The van der Waals surface area contributed by atoms with Crippen LogP contribution >= 0.6 is 15.9 Å². The monoisotopic (exact) mass is 282 g/mol. The Balaban J connectivity index is 2.63. The minimum absolute atomic E-state index is 0.318. The Bertz CT molecular complexity index is 519. The molecule has 0 fully saturated rings. The second kappa shape index (κ2) is 4.57. The number of halogens is 2. The molecule has 0 N–H and O–H groups in total.